The molecule has 0 aliphatic rings. The highest BCUT2D eigenvalue weighted by Crippen LogP contribution is 2.09. The largest absolute Gasteiger partial charge is 0.326 e. The molecule has 1 amide bonds. The van der Waals surface area contributed by atoms with Crippen molar-refractivity contribution >= 4 is 22.9 Å². The van der Waals surface area contributed by atoms with Crippen molar-refractivity contribution in [3.63, 3.8) is 0 Å². The highest BCUT2D eigenvalue weighted by molar-refractivity contribution is 7.07. The summed E-state index contributed by atoms with van der Waals surface area (Å²) in [5, 5.41) is 15.8. The van der Waals surface area contributed by atoms with E-state index in [1.807, 2.05) is 12.4 Å². The van der Waals surface area contributed by atoms with Crippen LogP contribution in [0.1, 0.15) is 11.1 Å². The van der Waals surface area contributed by atoms with Gasteiger partial charge in [0.05, 0.1) is 18.7 Å². The van der Waals surface area contributed by atoms with Gasteiger partial charge in [-0.3, -0.25) is 4.79 Å². The third kappa shape index (κ3) is 4.19. The number of nitrogens with one attached hydrogen (secondary N) is 2. The highest BCUT2D eigenvalue weighted by Gasteiger charge is 2.11. The van der Waals surface area contributed by atoms with Gasteiger partial charge in [0.2, 0.25) is 0 Å². The van der Waals surface area contributed by atoms with Gasteiger partial charge in [-0.15, -0.1) is 0 Å². The van der Waals surface area contributed by atoms with Crippen molar-refractivity contribution in [2.75, 3.05) is 18.9 Å². The van der Waals surface area contributed by atoms with E-state index in [1.165, 1.54) is 5.56 Å². The molecule has 2 rings (SSSR count). The van der Waals surface area contributed by atoms with Gasteiger partial charge in [0.25, 0.3) is 5.91 Å². The molecule has 102 valence electrons. The molecule has 0 fully saturated rings. The molecule has 0 saturated carbocycles. The molecule has 0 aliphatic carbocycles. The van der Waals surface area contributed by atoms with E-state index in [4.69, 9.17) is 5.26 Å². The van der Waals surface area contributed by atoms with Crippen LogP contribution in [0.3, 0.4) is 0 Å². The molecule has 1 aromatic heterocycles. The number of likely N-dealkylation sites (N-methyl/N-ethyl adjacent to an activating group) is 1. The Kier molecular flexibility index (Phi) is 4.88. The van der Waals surface area contributed by atoms with E-state index in [9.17, 15) is 4.79 Å². The first-order chi connectivity index (χ1) is 9.67. The van der Waals surface area contributed by atoms with Crippen molar-refractivity contribution in [2.45, 2.75) is 6.54 Å². The van der Waals surface area contributed by atoms with Gasteiger partial charge < -0.3 is 10.2 Å². The SMILES string of the molecule is C[NH+](CC(=O)Nc1cccc(C#N)c1)Cc1ccsc1. The number of thiophene rings is 1. The van der Waals surface area contributed by atoms with E-state index in [0.29, 0.717) is 17.8 Å². The Morgan fingerprint density at radius 2 is 2.30 bits per heavy atom. The first-order valence-corrected chi connectivity index (χ1v) is 7.24. The monoisotopic (exact) mass is 286 g/mol. The van der Waals surface area contributed by atoms with Crippen molar-refractivity contribution in [3.8, 4) is 6.07 Å². The van der Waals surface area contributed by atoms with E-state index in [0.717, 1.165) is 11.4 Å². The van der Waals surface area contributed by atoms with Crippen LogP contribution in [-0.2, 0) is 11.3 Å². The summed E-state index contributed by atoms with van der Waals surface area (Å²) >= 11 is 1.66. The zero-order chi connectivity index (χ0) is 14.4. The molecule has 1 heterocycles. The Hall–Kier alpha value is -2.16. The predicted octanol–water partition coefficient (Wildman–Crippen LogP) is 1.27. The number of anilines is 1. The number of benzene rings is 1. The summed E-state index contributed by atoms with van der Waals surface area (Å²) < 4.78 is 0. The van der Waals surface area contributed by atoms with Crippen LogP contribution in [0.2, 0.25) is 0 Å². The van der Waals surface area contributed by atoms with Crippen molar-refractivity contribution < 1.29 is 9.69 Å². The molecule has 2 N–H and O–H groups in total. The van der Waals surface area contributed by atoms with E-state index in [1.54, 1.807) is 35.6 Å². The summed E-state index contributed by atoms with van der Waals surface area (Å²) in [5.74, 6) is -0.0483. The maximum absolute atomic E-state index is 11.9. The molecular weight excluding hydrogens is 270 g/mol. The highest BCUT2D eigenvalue weighted by atomic mass is 32.1. The van der Waals surface area contributed by atoms with Crippen LogP contribution < -0.4 is 10.2 Å². The molecular formula is C15H16N3OS+. The number of quaternary nitrogens is 1. The number of carbonyl (C=O) groups is 1. The third-order valence-corrected chi connectivity index (χ3v) is 3.56. The van der Waals surface area contributed by atoms with Crippen molar-refractivity contribution in [3.05, 3.63) is 52.2 Å². The molecule has 0 bridgehead atoms. The van der Waals surface area contributed by atoms with Crippen LogP contribution in [0.5, 0.6) is 0 Å². The lowest BCUT2D eigenvalue weighted by Gasteiger charge is -2.13. The number of carbonyl (C=O) groups excluding carboxylic acids is 1. The Bertz CT molecular complexity index is 616. The first-order valence-electron chi connectivity index (χ1n) is 6.30. The molecule has 2 aromatic rings. The molecule has 1 aromatic carbocycles. The lowest BCUT2D eigenvalue weighted by Crippen LogP contribution is -3.08. The zero-order valence-corrected chi connectivity index (χ0v) is 12.0. The quantitative estimate of drug-likeness (QED) is 0.870. The summed E-state index contributed by atoms with van der Waals surface area (Å²) in [6.45, 7) is 1.22. The average Bonchev–Trinajstić information content (AvgIpc) is 2.91. The maximum Gasteiger partial charge on any atom is 0.279 e. The number of rotatable bonds is 5. The van der Waals surface area contributed by atoms with Crippen molar-refractivity contribution in [2.24, 2.45) is 0 Å². The number of hydrogen-bond acceptors (Lipinski definition) is 3. The fourth-order valence-corrected chi connectivity index (χ4v) is 2.62. The Morgan fingerprint density at radius 3 is 3.00 bits per heavy atom. The number of nitrogens with zero attached hydrogens (tertiary/aromatic N) is 1. The molecule has 1 atom stereocenters. The smallest absolute Gasteiger partial charge is 0.279 e. The van der Waals surface area contributed by atoms with Crippen LogP contribution >= 0.6 is 11.3 Å². The standard InChI is InChI=1S/C15H15N3OS/c1-18(9-13-5-6-20-11-13)10-15(19)17-14-4-2-3-12(7-14)8-16/h2-7,11H,9-10H2,1H3,(H,17,19)/p+1. The molecule has 0 radical (unpaired) electrons. The van der Waals surface area contributed by atoms with Gasteiger partial charge in [-0.05, 0) is 35.0 Å². The second-order valence-electron chi connectivity index (χ2n) is 4.68. The molecule has 5 heteroatoms. The summed E-state index contributed by atoms with van der Waals surface area (Å²) in [6, 6.07) is 11.1. The summed E-state index contributed by atoms with van der Waals surface area (Å²) in [6.07, 6.45) is 0. The normalized spacial score (nSPS) is 11.6. The van der Waals surface area contributed by atoms with Gasteiger partial charge >= 0.3 is 0 Å². The van der Waals surface area contributed by atoms with Crippen LogP contribution in [0.25, 0.3) is 0 Å². The lowest BCUT2D eigenvalue weighted by molar-refractivity contribution is -0.885. The molecule has 4 nitrogen and oxygen atoms in total. The maximum atomic E-state index is 11.9. The molecule has 0 aliphatic heterocycles. The van der Waals surface area contributed by atoms with E-state index in [2.05, 4.69) is 22.8 Å². The minimum atomic E-state index is -0.0483. The summed E-state index contributed by atoms with van der Waals surface area (Å²) in [7, 11) is 1.99. The first kappa shape index (κ1) is 14.3. The fraction of sp³-hybridized carbons (Fsp3) is 0.200. The predicted molar refractivity (Wildman–Crippen MR) is 79.6 cm³/mol. The van der Waals surface area contributed by atoms with Crippen LogP contribution in [0, 0.1) is 11.3 Å². The number of hydrogen-bond donors (Lipinski definition) is 2. The molecule has 1 unspecified atom stereocenters. The van der Waals surface area contributed by atoms with Crippen LogP contribution in [0.15, 0.2) is 41.1 Å². The van der Waals surface area contributed by atoms with Gasteiger partial charge in [0.1, 0.15) is 6.54 Å². The summed E-state index contributed by atoms with van der Waals surface area (Å²) in [4.78, 5) is 13.1. The van der Waals surface area contributed by atoms with E-state index < -0.39 is 0 Å². The van der Waals surface area contributed by atoms with Gasteiger partial charge in [-0.2, -0.15) is 16.6 Å². The number of amides is 1. The van der Waals surface area contributed by atoms with Gasteiger partial charge in [-0.1, -0.05) is 6.07 Å². The minimum absolute atomic E-state index is 0.0483. The Labute approximate surface area is 122 Å². The van der Waals surface area contributed by atoms with Gasteiger partial charge in [0.15, 0.2) is 6.54 Å². The average molecular weight is 286 g/mol. The zero-order valence-electron chi connectivity index (χ0n) is 11.2. The van der Waals surface area contributed by atoms with Crippen LogP contribution in [-0.4, -0.2) is 19.5 Å². The minimum Gasteiger partial charge on any atom is -0.326 e. The Morgan fingerprint density at radius 1 is 1.45 bits per heavy atom. The molecule has 0 saturated heterocycles. The second-order valence-corrected chi connectivity index (χ2v) is 5.46. The Balaban J connectivity index is 1.87. The second kappa shape index (κ2) is 6.85. The van der Waals surface area contributed by atoms with Crippen molar-refractivity contribution in [1.29, 1.82) is 5.26 Å². The molecule has 20 heavy (non-hydrogen) atoms. The van der Waals surface area contributed by atoms with E-state index in [-0.39, 0.29) is 5.91 Å². The van der Waals surface area contributed by atoms with Crippen molar-refractivity contribution in [1.82, 2.24) is 0 Å². The third-order valence-electron chi connectivity index (χ3n) is 2.82. The van der Waals surface area contributed by atoms with Gasteiger partial charge in [0, 0.05) is 11.3 Å². The number of nitriles is 1. The summed E-state index contributed by atoms with van der Waals surface area (Å²) in [5.41, 5.74) is 2.45. The topological polar surface area (TPSA) is 57.3 Å². The lowest BCUT2D eigenvalue weighted by atomic mass is 10.2. The van der Waals surface area contributed by atoms with Gasteiger partial charge in [-0.25, -0.2) is 0 Å². The molecule has 0 spiro atoms. The van der Waals surface area contributed by atoms with Crippen LogP contribution in [0.4, 0.5) is 5.69 Å². The fourth-order valence-electron chi connectivity index (χ4n) is 1.95. The van der Waals surface area contributed by atoms with E-state index >= 15 is 0 Å².